The summed E-state index contributed by atoms with van der Waals surface area (Å²) in [6.45, 7) is 6.63. The van der Waals surface area contributed by atoms with E-state index in [-0.39, 0.29) is 11.3 Å². The third kappa shape index (κ3) is 4.28. The van der Waals surface area contributed by atoms with E-state index in [9.17, 15) is 4.79 Å². The van der Waals surface area contributed by atoms with Crippen LogP contribution in [0.3, 0.4) is 0 Å². The zero-order valence-corrected chi connectivity index (χ0v) is 12.1. The average molecular weight is 275 g/mol. The average Bonchev–Trinajstić information content (AvgIpc) is 2.74. The summed E-state index contributed by atoms with van der Waals surface area (Å²) in [5.74, 6) is 0.320. The second-order valence-electron chi connectivity index (χ2n) is 4.05. The summed E-state index contributed by atoms with van der Waals surface area (Å²) in [6, 6.07) is 0. The highest BCUT2D eigenvalue weighted by Gasteiger charge is 2.17. The number of halogens is 1. The quantitative estimate of drug-likeness (QED) is 0.810. The predicted octanol–water partition coefficient (Wildman–Crippen LogP) is 3.22. The van der Waals surface area contributed by atoms with Gasteiger partial charge in [-0.05, 0) is 12.8 Å². The number of carbonyl (C=O) groups is 1. The van der Waals surface area contributed by atoms with E-state index in [1.54, 1.807) is 5.38 Å². The number of amides is 1. The number of hydrogen-bond donors (Lipinski definition) is 1. The minimum Gasteiger partial charge on any atom is -0.349 e. The molecule has 17 heavy (non-hydrogen) atoms. The molecule has 1 unspecified atom stereocenters. The van der Waals surface area contributed by atoms with E-state index in [1.165, 1.54) is 11.3 Å². The molecule has 1 aromatic heterocycles. The molecule has 0 saturated heterocycles. The van der Waals surface area contributed by atoms with Gasteiger partial charge < -0.3 is 5.32 Å². The first-order valence-electron chi connectivity index (χ1n) is 5.92. The van der Waals surface area contributed by atoms with Crippen LogP contribution in [0.15, 0.2) is 5.38 Å². The fraction of sp³-hybridized carbons (Fsp3) is 0.667. The Kier molecular flexibility index (Phi) is 5.92. The van der Waals surface area contributed by atoms with Gasteiger partial charge in [-0.25, -0.2) is 4.98 Å². The van der Waals surface area contributed by atoms with Crippen LogP contribution in [0.2, 0.25) is 0 Å². The van der Waals surface area contributed by atoms with Gasteiger partial charge in [0.15, 0.2) is 0 Å². The minimum atomic E-state index is -0.133. The molecule has 0 aliphatic heterocycles. The Labute approximate surface area is 112 Å². The molecule has 0 radical (unpaired) electrons. The highest BCUT2D eigenvalue weighted by Crippen LogP contribution is 2.17. The lowest BCUT2D eigenvalue weighted by Crippen LogP contribution is -2.33. The van der Waals surface area contributed by atoms with E-state index in [1.807, 2.05) is 6.92 Å². The molecule has 0 aliphatic carbocycles. The summed E-state index contributed by atoms with van der Waals surface area (Å²) in [5, 5.41) is 5.50. The third-order valence-electron chi connectivity index (χ3n) is 2.87. The molecule has 1 N–H and O–H groups in total. The van der Waals surface area contributed by atoms with E-state index in [2.05, 4.69) is 24.1 Å². The molecular weight excluding hydrogens is 256 g/mol. The van der Waals surface area contributed by atoms with Crippen molar-refractivity contribution >= 4 is 28.8 Å². The second kappa shape index (κ2) is 6.97. The van der Waals surface area contributed by atoms with Crippen molar-refractivity contribution in [2.24, 2.45) is 5.92 Å². The van der Waals surface area contributed by atoms with Gasteiger partial charge in [-0.1, -0.05) is 26.7 Å². The van der Waals surface area contributed by atoms with Crippen LogP contribution in [-0.2, 0) is 0 Å². The molecule has 0 fully saturated rings. The molecule has 1 rings (SSSR count). The van der Waals surface area contributed by atoms with Crippen LogP contribution in [0.1, 0.15) is 42.2 Å². The van der Waals surface area contributed by atoms with Gasteiger partial charge in [0.05, 0.1) is 10.4 Å². The Morgan fingerprint density at radius 1 is 1.53 bits per heavy atom. The van der Waals surface area contributed by atoms with E-state index in [0.717, 1.165) is 17.8 Å². The van der Waals surface area contributed by atoms with Crippen molar-refractivity contribution in [3.05, 3.63) is 16.1 Å². The first-order valence-corrected chi connectivity index (χ1v) is 7.24. The standard InChI is InChI=1S/C12H19ClN2OS/c1-4-9(5-2)10(13)6-14-12(16)11-7-17-8(3)15-11/h7,9-10H,4-6H2,1-3H3,(H,14,16). The first-order chi connectivity index (χ1) is 8.08. The number of nitrogens with zero attached hydrogens (tertiary/aromatic N) is 1. The Hall–Kier alpha value is -0.610. The highest BCUT2D eigenvalue weighted by atomic mass is 35.5. The molecule has 5 heteroatoms. The molecule has 96 valence electrons. The van der Waals surface area contributed by atoms with Crippen LogP contribution < -0.4 is 5.32 Å². The lowest BCUT2D eigenvalue weighted by molar-refractivity contribution is 0.0947. The summed E-state index contributed by atoms with van der Waals surface area (Å²) in [6.07, 6.45) is 2.08. The summed E-state index contributed by atoms with van der Waals surface area (Å²) < 4.78 is 0. The normalized spacial score (nSPS) is 12.8. The van der Waals surface area contributed by atoms with Crippen LogP contribution in [-0.4, -0.2) is 22.8 Å². The predicted molar refractivity (Wildman–Crippen MR) is 72.9 cm³/mol. The zero-order chi connectivity index (χ0) is 12.8. The first kappa shape index (κ1) is 14.5. The van der Waals surface area contributed by atoms with Crippen molar-refractivity contribution in [2.75, 3.05) is 6.54 Å². The molecule has 1 aromatic rings. The monoisotopic (exact) mass is 274 g/mol. The number of thiazole rings is 1. The Bertz CT molecular complexity index is 363. The zero-order valence-electron chi connectivity index (χ0n) is 10.5. The van der Waals surface area contributed by atoms with Crippen molar-refractivity contribution in [1.29, 1.82) is 0 Å². The van der Waals surface area contributed by atoms with Crippen LogP contribution >= 0.6 is 22.9 Å². The fourth-order valence-electron chi connectivity index (χ4n) is 1.72. The number of alkyl halides is 1. The maximum atomic E-state index is 11.7. The lowest BCUT2D eigenvalue weighted by atomic mass is 9.99. The molecule has 0 bridgehead atoms. The van der Waals surface area contributed by atoms with Gasteiger partial charge in [-0.15, -0.1) is 22.9 Å². The molecule has 0 aliphatic rings. The number of carbonyl (C=O) groups excluding carboxylic acids is 1. The molecule has 0 saturated carbocycles. The molecule has 1 amide bonds. The fourth-order valence-corrected chi connectivity index (χ4v) is 2.74. The van der Waals surface area contributed by atoms with Crippen molar-refractivity contribution in [2.45, 2.75) is 39.0 Å². The van der Waals surface area contributed by atoms with Gasteiger partial charge in [-0.3, -0.25) is 4.79 Å². The van der Waals surface area contributed by atoms with Crippen molar-refractivity contribution in [3.8, 4) is 0 Å². The number of hydrogen-bond acceptors (Lipinski definition) is 3. The van der Waals surface area contributed by atoms with E-state index in [4.69, 9.17) is 11.6 Å². The van der Waals surface area contributed by atoms with Gasteiger partial charge in [-0.2, -0.15) is 0 Å². The maximum absolute atomic E-state index is 11.7. The van der Waals surface area contributed by atoms with Crippen LogP contribution in [0.4, 0.5) is 0 Å². The molecule has 3 nitrogen and oxygen atoms in total. The molecule has 0 spiro atoms. The van der Waals surface area contributed by atoms with Gasteiger partial charge in [0.25, 0.3) is 5.91 Å². The summed E-state index contributed by atoms with van der Waals surface area (Å²) in [5.41, 5.74) is 0.487. The summed E-state index contributed by atoms with van der Waals surface area (Å²) >= 11 is 7.73. The minimum absolute atomic E-state index is 0.00585. The van der Waals surface area contributed by atoms with Crippen molar-refractivity contribution < 1.29 is 4.79 Å². The maximum Gasteiger partial charge on any atom is 0.270 e. The second-order valence-corrected chi connectivity index (χ2v) is 5.68. The van der Waals surface area contributed by atoms with E-state index < -0.39 is 0 Å². The number of rotatable bonds is 6. The molecule has 1 atom stereocenters. The summed E-state index contributed by atoms with van der Waals surface area (Å²) in [4.78, 5) is 15.9. The van der Waals surface area contributed by atoms with Crippen LogP contribution in [0.5, 0.6) is 0 Å². The number of nitrogens with one attached hydrogen (secondary N) is 1. The van der Waals surface area contributed by atoms with Crippen LogP contribution in [0, 0.1) is 12.8 Å². The number of aromatic nitrogens is 1. The van der Waals surface area contributed by atoms with Crippen molar-refractivity contribution in [3.63, 3.8) is 0 Å². The van der Waals surface area contributed by atoms with Gasteiger partial charge in [0.2, 0.25) is 0 Å². The van der Waals surface area contributed by atoms with Gasteiger partial charge >= 0.3 is 0 Å². The molecule has 0 aromatic carbocycles. The summed E-state index contributed by atoms with van der Waals surface area (Å²) in [7, 11) is 0. The van der Waals surface area contributed by atoms with Gasteiger partial charge in [0.1, 0.15) is 5.69 Å². The molecular formula is C12H19ClN2OS. The topological polar surface area (TPSA) is 42.0 Å². The molecule has 1 heterocycles. The van der Waals surface area contributed by atoms with E-state index in [0.29, 0.717) is 18.2 Å². The Balaban J connectivity index is 2.43. The highest BCUT2D eigenvalue weighted by molar-refractivity contribution is 7.09. The smallest absolute Gasteiger partial charge is 0.270 e. The Morgan fingerprint density at radius 3 is 2.65 bits per heavy atom. The van der Waals surface area contributed by atoms with Gasteiger partial charge in [0, 0.05) is 11.9 Å². The van der Waals surface area contributed by atoms with Crippen LogP contribution in [0.25, 0.3) is 0 Å². The SMILES string of the molecule is CCC(CC)C(Cl)CNC(=O)c1csc(C)n1. The third-order valence-corrected chi connectivity index (χ3v) is 4.15. The van der Waals surface area contributed by atoms with E-state index >= 15 is 0 Å². The van der Waals surface area contributed by atoms with Crippen molar-refractivity contribution in [1.82, 2.24) is 10.3 Å². The Morgan fingerprint density at radius 2 is 2.18 bits per heavy atom. The largest absolute Gasteiger partial charge is 0.349 e. The lowest BCUT2D eigenvalue weighted by Gasteiger charge is -2.19. The number of aryl methyl sites for hydroxylation is 1.